The first-order valence-electron chi connectivity index (χ1n) is 6.40. The summed E-state index contributed by atoms with van der Waals surface area (Å²) in [4.78, 5) is 24.8. The van der Waals surface area contributed by atoms with Crippen LogP contribution in [0.1, 0.15) is 25.3 Å². The molecular weight excluding hydrogens is 277 g/mol. The monoisotopic (exact) mass is 291 g/mol. The van der Waals surface area contributed by atoms with Gasteiger partial charge in [-0.25, -0.2) is 14.0 Å². The van der Waals surface area contributed by atoms with Gasteiger partial charge in [0.1, 0.15) is 17.4 Å². The molecule has 0 bridgehead atoms. The summed E-state index contributed by atoms with van der Waals surface area (Å²) >= 11 is 0. The van der Waals surface area contributed by atoms with Crippen LogP contribution in [-0.4, -0.2) is 34.1 Å². The molecule has 0 aliphatic carbocycles. The number of nitrogens with zero attached hydrogens (tertiary/aromatic N) is 2. The van der Waals surface area contributed by atoms with Gasteiger partial charge in [-0.3, -0.25) is 0 Å². The number of aliphatic carboxylic acids is 1. The molecule has 0 spiro atoms. The van der Waals surface area contributed by atoms with Gasteiger partial charge in [0.25, 0.3) is 0 Å². The first-order valence-corrected chi connectivity index (χ1v) is 6.40. The maximum absolute atomic E-state index is 13.2. The van der Waals surface area contributed by atoms with Crippen LogP contribution in [0, 0.1) is 17.1 Å². The quantitative estimate of drug-likeness (QED) is 0.873. The average molecular weight is 291 g/mol. The Morgan fingerprint density at radius 3 is 2.86 bits per heavy atom. The van der Waals surface area contributed by atoms with Gasteiger partial charge in [-0.1, -0.05) is 0 Å². The normalized spacial score (nSPS) is 20.9. The van der Waals surface area contributed by atoms with Crippen molar-refractivity contribution in [3.8, 4) is 6.07 Å². The second kappa shape index (κ2) is 5.40. The zero-order chi connectivity index (χ0) is 15.6. The number of amides is 2. The van der Waals surface area contributed by atoms with Crippen LogP contribution in [0.2, 0.25) is 0 Å². The van der Waals surface area contributed by atoms with Crippen LogP contribution in [0.3, 0.4) is 0 Å². The summed E-state index contributed by atoms with van der Waals surface area (Å²) in [6, 6.07) is 4.71. The van der Waals surface area contributed by atoms with Crippen molar-refractivity contribution in [1.29, 1.82) is 5.26 Å². The Balaban J connectivity index is 2.19. The fraction of sp³-hybridized carbons (Fsp3) is 0.357. The Morgan fingerprint density at radius 2 is 2.24 bits per heavy atom. The third kappa shape index (κ3) is 2.65. The topological polar surface area (TPSA) is 93.4 Å². The zero-order valence-corrected chi connectivity index (χ0v) is 11.4. The highest BCUT2D eigenvalue weighted by atomic mass is 19.1. The maximum atomic E-state index is 13.2. The molecule has 0 aromatic heterocycles. The van der Waals surface area contributed by atoms with Crippen LogP contribution in [0.15, 0.2) is 18.2 Å². The lowest BCUT2D eigenvalue weighted by molar-refractivity contribution is -0.146. The van der Waals surface area contributed by atoms with Crippen LogP contribution in [-0.2, 0) is 4.79 Å². The van der Waals surface area contributed by atoms with Crippen LogP contribution < -0.4 is 5.32 Å². The van der Waals surface area contributed by atoms with Crippen LogP contribution in [0.4, 0.5) is 14.9 Å². The molecule has 1 unspecified atom stereocenters. The van der Waals surface area contributed by atoms with Gasteiger partial charge in [-0.15, -0.1) is 0 Å². The summed E-state index contributed by atoms with van der Waals surface area (Å²) in [7, 11) is 0. The third-order valence-corrected chi connectivity index (χ3v) is 3.69. The van der Waals surface area contributed by atoms with Crippen molar-refractivity contribution >= 4 is 17.7 Å². The van der Waals surface area contributed by atoms with E-state index in [1.807, 2.05) is 0 Å². The molecule has 1 aromatic rings. The maximum Gasteiger partial charge on any atom is 0.329 e. The van der Waals surface area contributed by atoms with Crippen molar-refractivity contribution < 1.29 is 19.1 Å². The number of nitriles is 1. The van der Waals surface area contributed by atoms with Crippen molar-refractivity contribution in [2.24, 2.45) is 0 Å². The van der Waals surface area contributed by atoms with Gasteiger partial charge in [0, 0.05) is 12.2 Å². The molecule has 2 rings (SSSR count). The number of nitrogens with one attached hydrogen (secondary N) is 1. The molecule has 1 aliphatic rings. The summed E-state index contributed by atoms with van der Waals surface area (Å²) in [5, 5.41) is 20.5. The minimum Gasteiger partial charge on any atom is -0.480 e. The fourth-order valence-electron chi connectivity index (χ4n) is 2.39. The number of hydrogen-bond acceptors (Lipinski definition) is 3. The van der Waals surface area contributed by atoms with Crippen LogP contribution in [0.25, 0.3) is 0 Å². The molecule has 0 saturated carbocycles. The van der Waals surface area contributed by atoms with Crippen molar-refractivity contribution in [3.63, 3.8) is 0 Å². The molecule has 1 heterocycles. The van der Waals surface area contributed by atoms with E-state index in [4.69, 9.17) is 5.26 Å². The van der Waals surface area contributed by atoms with E-state index in [0.29, 0.717) is 19.4 Å². The highest BCUT2D eigenvalue weighted by Crippen LogP contribution is 2.30. The van der Waals surface area contributed by atoms with Gasteiger partial charge in [0.15, 0.2) is 0 Å². The lowest BCUT2D eigenvalue weighted by atomic mass is 10.00. The molecule has 7 heteroatoms. The van der Waals surface area contributed by atoms with E-state index < -0.39 is 23.4 Å². The molecule has 1 aliphatic heterocycles. The molecule has 0 radical (unpaired) electrons. The fourth-order valence-corrected chi connectivity index (χ4v) is 2.39. The average Bonchev–Trinajstić information content (AvgIpc) is 2.84. The second-order valence-electron chi connectivity index (χ2n) is 5.07. The first-order chi connectivity index (χ1) is 9.88. The summed E-state index contributed by atoms with van der Waals surface area (Å²) in [6.07, 6.45) is 0.978. The Labute approximate surface area is 120 Å². The number of carboxylic acids is 1. The lowest BCUT2D eigenvalue weighted by Crippen LogP contribution is -2.52. The zero-order valence-electron chi connectivity index (χ0n) is 11.4. The predicted octanol–water partition coefficient (Wildman–Crippen LogP) is 2.17. The largest absolute Gasteiger partial charge is 0.480 e. The Bertz CT molecular complexity index is 641. The standard InChI is InChI=1S/C14H14FN3O3/c1-14(12(19)20)5-2-6-18(14)13(21)17-10-3-4-11(15)9(7-10)8-16/h3-4,7H,2,5-6H2,1H3,(H,17,21)(H,19,20). The second-order valence-corrected chi connectivity index (χ2v) is 5.07. The summed E-state index contributed by atoms with van der Waals surface area (Å²) in [5.74, 6) is -1.74. The molecule has 21 heavy (non-hydrogen) atoms. The van der Waals surface area contributed by atoms with Crippen molar-refractivity contribution in [2.45, 2.75) is 25.3 Å². The highest BCUT2D eigenvalue weighted by molar-refractivity contribution is 5.94. The van der Waals surface area contributed by atoms with Crippen molar-refractivity contribution in [3.05, 3.63) is 29.6 Å². The number of carbonyl (C=O) groups excluding carboxylic acids is 1. The number of likely N-dealkylation sites (tertiary alicyclic amines) is 1. The van der Waals surface area contributed by atoms with Crippen molar-refractivity contribution in [1.82, 2.24) is 4.90 Å². The SMILES string of the molecule is CC1(C(=O)O)CCCN1C(=O)Nc1ccc(F)c(C#N)c1. The molecule has 110 valence electrons. The number of benzene rings is 1. The van der Waals surface area contributed by atoms with E-state index in [2.05, 4.69) is 5.32 Å². The van der Waals surface area contributed by atoms with Gasteiger partial charge in [0.05, 0.1) is 5.56 Å². The van der Waals surface area contributed by atoms with Gasteiger partial charge in [-0.2, -0.15) is 5.26 Å². The Kier molecular flexibility index (Phi) is 3.80. The van der Waals surface area contributed by atoms with E-state index >= 15 is 0 Å². The summed E-state index contributed by atoms with van der Waals surface area (Å²) in [6.45, 7) is 1.83. The number of halogens is 1. The number of carbonyl (C=O) groups is 2. The molecule has 2 N–H and O–H groups in total. The van der Waals surface area contributed by atoms with Gasteiger partial charge < -0.3 is 15.3 Å². The van der Waals surface area contributed by atoms with E-state index in [1.54, 1.807) is 6.07 Å². The molecule has 1 fully saturated rings. The molecule has 1 saturated heterocycles. The number of carboxylic acid groups (broad SMARTS) is 1. The minimum absolute atomic E-state index is 0.185. The molecule has 1 aromatic carbocycles. The summed E-state index contributed by atoms with van der Waals surface area (Å²) in [5.41, 5.74) is -1.19. The number of rotatable bonds is 2. The predicted molar refractivity (Wildman–Crippen MR) is 72.1 cm³/mol. The highest BCUT2D eigenvalue weighted by Gasteiger charge is 2.46. The van der Waals surface area contributed by atoms with Crippen molar-refractivity contribution in [2.75, 3.05) is 11.9 Å². The smallest absolute Gasteiger partial charge is 0.329 e. The third-order valence-electron chi connectivity index (χ3n) is 3.69. The molecule has 6 nitrogen and oxygen atoms in total. The van der Waals surface area contributed by atoms with E-state index in [0.717, 1.165) is 6.07 Å². The van der Waals surface area contributed by atoms with Gasteiger partial charge >= 0.3 is 12.0 Å². The van der Waals surface area contributed by atoms with Crippen LogP contribution >= 0.6 is 0 Å². The lowest BCUT2D eigenvalue weighted by Gasteiger charge is -2.31. The Morgan fingerprint density at radius 1 is 1.52 bits per heavy atom. The number of urea groups is 1. The van der Waals surface area contributed by atoms with E-state index in [1.165, 1.54) is 24.0 Å². The van der Waals surface area contributed by atoms with E-state index in [9.17, 15) is 19.1 Å². The molecule has 1 atom stereocenters. The summed E-state index contributed by atoms with van der Waals surface area (Å²) < 4.78 is 13.2. The molecule has 2 amide bonds. The van der Waals surface area contributed by atoms with Crippen LogP contribution in [0.5, 0.6) is 0 Å². The number of anilines is 1. The molecular formula is C14H14FN3O3. The Hall–Kier alpha value is -2.62. The first kappa shape index (κ1) is 14.8. The van der Waals surface area contributed by atoms with Gasteiger partial charge in [-0.05, 0) is 38.0 Å². The number of hydrogen-bond donors (Lipinski definition) is 2. The van der Waals surface area contributed by atoms with Gasteiger partial charge in [0.2, 0.25) is 0 Å². The van der Waals surface area contributed by atoms with E-state index in [-0.39, 0.29) is 11.3 Å². The minimum atomic E-state index is -1.25.